The van der Waals surface area contributed by atoms with Crippen LogP contribution >= 0.6 is 0 Å². The van der Waals surface area contributed by atoms with Crippen molar-refractivity contribution in [3.05, 3.63) is 47.0 Å². The van der Waals surface area contributed by atoms with Gasteiger partial charge in [-0.15, -0.1) is 0 Å². The molecule has 134 valence electrons. The summed E-state index contributed by atoms with van der Waals surface area (Å²) in [6.45, 7) is 6.72. The van der Waals surface area contributed by atoms with Crippen molar-refractivity contribution in [2.75, 3.05) is 39.3 Å². The van der Waals surface area contributed by atoms with Gasteiger partial charge in [-0.25, -0.2) is 4.39 Å². The van der Waals surface area contributed by atoms with Gasteiger partial charge < -0.3 is 20.2 Å². The number of hydrogen-bond donors (Lipinski definition) is 3. The number of aliphatic hydroxyl groups excluding tert-OH is 1. The molecule has 1 unspecified atom stereocenters. The van der Waals surface area contributed by atoms with Crippen LogP contribution in [0.15, 0.2) is 35.6 Å². The van der Waals surface area contributed by atoms with Crippen molar-refractivity contribution in [2.24, 2.45) is 0 Å². The van der Waals surface area contributed by atoms with Crippen LogP contribution in [0.4, 0.5) is 4.39 Å². The molecule has 0 saturated carbocycles. The first-order valence-corrected chi connectivity index (χ1v) is 8.64. The van der Waals surface area contributed by atoms with Gasteiger partial charge in [0.25, 0.3) is 5.91 Å². The zero-order valence-electron chi connectivity index (χ0n) is 14.3. The fraction of sp³-hybridized carbons (Fsp3) is 0.444. The maximum atomic E-state index is 13.3. The zero-order valence-corrected chi connectivity index (χ0v) is 14.3. The van der Waals surface area contributed by atoms with Gasteiger partial charge in [0.05, 0.1) is 24.7 Å². The van der Waals surface area contributed by atoms with E-state index in [1.807, 2.05) is 0 Å². The van der Waals surface area contributed by atoms with Gasteiger partial charge in [-0.1, -0.05) is 12.1 Å². The Morgan fingerprint density at radius 3 is 2.56 bits per heavy atom. The van der Waals surface area contributed by atoms with E-state index in [1.54, 1.807) is 12.1 Å². The van der Waals surface area contributed by atoms with Crippen LogP contribution in [0.25, 0.3) is 0 Å². The molecular formula is C18H24FN3O3+2. The highest BCUT2D eigenvalue weighted by atomic mass is 19.1. The van der Waals surface area contributed by atoms with Crippen molar-refractivity contribution in [3.8, 4) is 0 Å². The third-order valence-corrected chi connectivity index (χ3v) is 4.98. The quantitative estimate of drug-likeness (QED) is 0.610. The van der Waals surface area contributed by atoms with Crippen molar-refractivity contribution >= 4 is 11.7 Å². The fourth-order valence-corrected chi connectivity index (χ4v) is 3.65. The SMILES string of the molecule is CC(=O)C1=C(O)C(=O)N(CC[NH+]2CC[NH2+]CC2)C1c1ccc(F)cc1. The molecule has 4 N–H and O–H groups in total. The molecule has 25 heavy (non-hydrogen) atoms. The number of amides is 1. The molecule has 0 radical (unpaired) electrons. The topological polar surface area (TPSA) is 78.7 Å². The highest BCUT2D eigenvalue weighted by Crippen LogP contribution is 2.37. The third-order valence-electron chi connectivity index (χ3n) is 4.98. The number of nitrogens with zero attached hydrogens (tertiary/aromatic N) is 1. The number of aliphatic hydroxyl groups is 1. The van der Waals surface area contributed by atoms with E-state index < -0.39 is 17.7 Å². The number of carbonyl (C=O) groups is 2. The molecule has 0 spiro atoms. The minimum Gasteiger partial charge on any atom is -0.503 e. The summed E-state index contributed by atoms with van der Waals surface area (Å²) in [6, 6.07) is 5.07. The Hall–Kier alpha value is -2.25. The second kappa shape index (κ2) is 7.33. The molecule has 1 amide bonds. The molecule has 1 saturated heterocycles. The van der Waals surface area contributed by atoms with E-state index in [0.717, 1.165) is 32.7 Å². The lowest BCUT2D eigenvalue weighted by Crippen LogP contribution is -3.20. The number of nitrogens with one attached hydrogen (secondary N) is 1. The maximum Gasteiger partial charge on any atom is 0.290 e. The smallest absolute Gasteiger partial charge is 0.290 e. The average Bonchev–Trinajstić information content (AvgIpc) is 2.86. The van der Waals surface area contributed by atoms with Crippen molar-refractivity contribution in [2.45, 2.75) is 13.0 Å². The second-order valence-corrected chi connectivity index (χ2v) is 6.64. The average molecular weight is 349 g/mol. The normalized spacial score (nSPS) is 21.9. The largest absolute Gasteiger partial charge is 0.503 e. The molecule has 2 aliphatic heterocycles. The Morgan fingerprint density at radius 2 is 1.96 bits per heavy atom. The highest BCUT2D eigenvalue weighted by Gasteiger charge is 2.42. The number of quaternary nitrogens is 2. The number of rotatable bonds is 5. The summed E-state index contributed by atoms with van der Waals surface area (Å²) in [5, 5.41) is 12.5. The monoisotopic (exact) mass is 349 g/mol. The summed E-state index contributed by atoms with van der Waals surface area (Å²) in [5.74, 6) is -1.74. The molecule has 0 bridgehead atoms. The van der Waals surface area contributed by atoms with E-state index in [4.69, 9.17) is 0 Å². The summed E-state index contributed by atoms with van der Waals surface area (Å²) >= 11 is 0. The number of piperazine rings is 1. The maximum absolute atomic E-state index is 13.3. The molecule has 1 fully saturated rings. The molecule has 0 aliphatic carbocycles. The van der Waals surface area contributed by atoms with Gasteiger partial charge in [-0.05, 0) is 24.6 Å². The van der Waals surface area contributed by atoms with Gasteiger partial charge in [0.15, 0.2) is 11.5 Å². The first-order chi connectivity index (χ1) is 12.0. The molecule has 7 heteroatoms. The lowest BCUT2D eigenvalue weighted by molar-refractivity contribution is -0.946. The van der Waals surface area contributed by atoms with Crippen LogP contribution in [0, 0.1) is 5.82 Å². The van der Waals surface area contributed by atoms with E-state index in [2.05, 4.69) is 5.32 Å². The summed E-state index contributed by atoms with van der Waals surface area (Å²) in [7, 11) is 0. The van der Waals surface area contributed by atoms with Crippen LogP contribution in [0.3, 0.4) is 0 Å². The third kappa shape index (κ3) is 3.57. The molecular weight excluding hydrogens is 325 g/mol. The van der Waals surface area contributed by atoms with Gasteiger partial charge in [0.2, 0.25) is 0 Å². The van der Waals surface area contributed by atoms with E-state index in [0.29, 0.717) is 12.1 Å². The molecule has 0 aromatic heterocycles. The predicted octanol–water partition coefficient (Wildman–Crippen LogP) is -1.43. The van der Waals surface area contributed by atoms with Crippen LogP contribution in [0.1, 0.15) is 18.5 Å². The number of hydrogen-bond acceptors (Lipinski definition) is 3. The second-order valence-electron chi connectivity index (χ2n) is 6.64. The number of halogens is 1. The minimum absolute atomic E-state index is 0.0959. The number of nitrogens with two attached hydrogens (primary N) is 1. The molecule has 2 heterocycles. The Balaban J connectivity index is 1.85. The Kier molecular flexibility index (Phi) is 5.15. The van der Waals surface area contributed by atoms with Crippen molar-refractivity contribution in [1.29, 1.82) is 0 Å². The number of carbonyl (C=O) groups excluding carboxylic acids is 2. The lowest BCUT2D eigenvalue weighted by atomic mass is 9.97. The van der Waals surface area contributed by atoms with Crippen molar-refractivity contribution < 1.29 is 29.3 Å². The van der Waals surface area contributed by atoms with Crippen molar-refractivity contribution in [3.63, 3.8) is 0 Å². The molecule has 1 aromatic rings. The standard InChI is InChI=1S/C18H22FN3O3/c1-12(23)15-16(13-2-4-14(19)5-3-13)22(18(25)17(15)24)11-10-21-8-6-20-7-9-21/h2-5,16,20,24H,6-11H2,1H3/p+2. The van der Waals surface area contributed by atoms with Gasteiger partial charge in [0.1, 0.15) is 32.0 Å². The molecule has 1 aromatic carbocycles. The zero-order chi connectivity index (χ0) is 18.0. The van der Waals surface area contributed by atoms with E-state index in [1.165, 1.54) is 28.9 Å². The number of Topliss-reactive ketones (excluding diaryl/α,β-unsaturated/α-hetero) is 1. The Bertz CT molecular complexity index is 696. The van der Waals surface area contributed by atoms with E-state index >= 15 is 0 Å². The van der Waals surface area contributed by atoms with Crippen LogP contribution in [0.2, 0.25) is 0 Å². The summed E-state index contributed by atoms with van der Waals surface area (Å²) in [6.07, 6.45) is 0. The number of ketones is 1. The molecule has 1 atom stereocenters. The van der Waals surface area contributed by atoms with E-state index in [9.17, 15) is 19.1 Å². The first-order valence-electron chi connectivity index (χ1n) is 8.64. The van der Waals surface area contributed by atoms with Crippen LogP contribution in [-0.2, 0) is 9.59 Å². The molecule has 2 aliphatic rings. The first kappa shape index (κ1) is 17.6. The number of benzene rings is 1. The van der Waals surface area contributed by atoms with Crippen LogP contribution < -0.4 is 10.2 Å². The predicted molar refractivity (Wildman–Crippen MR) is 88.4 cm³/mol. The molecule has 3 rings (SSSR count). The van der Waals surface area contributed by atoms with Gasteiger partial charge in [-0.3, -0.25) is 9.59 Å². The van der Waals surface area contributed by atoms with Crippen molar-refractivity contribution in [1.82, 2.24) is 4.90 Å². The summed E-state index contributed by atoms with van der Waals surface area (Å²) in [4.78, 5) is 27.5. The van der Waals surface area contributed by atoms with Crippen LogP contribution in [-0.4, -0.2) is 61.0 Å². The van der Waals surface area contributed by atoms with E-state index in [-0.39, 0.29) is 17.2 Å². The Morgan fingerprint density at radius 1 is 1.32 bits per heavy atom. The lowest BCUT2D eigenvalue weighted by Gasteiger charge is -2.29. The molecule has 6 nitrogen and oxygen atoms in total. The minimum atomic E-state index is -0.652. The summed E-state index contributed by atoms with van der Waals surface area (Å²) in [5.41, 5.74) is 0.726. The van der Waals surface area contributed by atoms with Crippen LogP contribution in [0.5, 0.6) is 0 Å². The summed E-state index contributed by atoms with van der Waals surface area (Å²) < 4.78 is 13.3. The van der Waals surface area contributed by atoms with Gasteiger partial charge in [-0.2, -0.15) is 0 Å². The van der Waals surface area contributed by atoms with Gasteiger partial charge in [0, 0.05) is 0 Å². The van der Waals surface area contributed by atoms with Gasteiger partial charge >= 0.3 is 0 Å². The fourth-order valence-electron chi connectivity index (χ4n) is 3.65. The Labute approximate surface area is 145 Å². The highest BCUT2D eigenvalue weighted by molar-refractivity contribution is 6.08.